The minimum atomic E-state index is 0.0281. The Labute approximate surface area is 95.0 Å². The number of hydrogen-bond acceptors (Lipinski definition) is 3. The van der Waals surface area contributed by atoms with Crippen LogP contribution in [0.15, 0.2) is 12.1 Å². The van der Waals surface area contributed by atoms with Crippen molar-refractivity contribution in [1.29, 1.82) is 0 Å². The lowest BCUT2D eigenvalue weighted by atomic mass is 9.77. The number of Topliss-reactive ketones (excluding diaryl/α,β-unsaturated/α-hetero) is 1. The number of carbonyl (C=O) groups is 1. The highest BCUT2D eigenvalue weighted by Crippen LogP contribution is 2.36. The molecule has 16 heavy (non-hydrogen) atoms. The Balaban J connectivity index is 2.53. The van der Waals surface area contributed by atoms with Crippen molar-refractivity contribution in [3.8, 4) is 11.5 Å². The first-order chi connectivity index (χ1) is 7.54. The van der Waals surface area contributed by atoms with Crippen LogP contribution >= 0.6 is 0 Å². The predicted octanol–water partition coefficient (Wildman–Crippen LogP) is 2.41. The SMILES string of the molecule is COc1cc2c(cc1O)C(=O)[C@H](C)[C@H](C)C2. The summed E-state index contributed by atoms with van der Waals surface area (Å²) in [5.74, 6) is 0.964. The molecule has 0 aromatic heterocycles. The molecule has 0 saturated heterocycles. The van der Waals surface area contributed by atoms with E-state index < -0.39 is 0 Å². The predicted molar refractivity (Wildman–Crippen MR) is 61.0 cm³/mol. The fourth-order valence-corrected chi connectivity index (χ4v) is 2.20. The molecule has 2 atom stereocenters. The average Bonchev–Trinajstić information content (AvgIpc) is 2.27. The van der Waals surface area contributed by atoms with Crippen LogP contribution in [0.4, 0.5) is 0 Å². The third-order valence-electron chi connectivity index (χ3n) is 3.48. The maximum Gasteiger partial charge on any atom is 0.166 e. The normalized spacial score (nSPS) is 24.1. The van der Waals surface area contributed by atoms with Gasteiger partial charge in [-0.1, -0.05) is 13.8 Å². The standard InChI is InChI=1S/C13H16O3/c1-7-4-9-5-12(16-3)11(14)6-10(9)13(15)8(7)2/h5-8,14H,4H2,1-3H3/t7-,8-/m1/s1. The van der Waals surface area contributed by atoms with E-state index in [0.29, 0.717) is 17.2 Å². The van der Waals surface area contributed by atoms with Crippen molar-refractivity contribution in [2.75, 3.05) is 7.11 Å². The number of benzene rings is 1. The van der Waals surface area contributed by atoms with Crippen molar-refractivity contribution in [1.82, 2.24) is 0 Å². The number of ether oxygens (including phenoxy) is 1. The highest BCUT2D eigenvalue weighted by Gasteiger charge is 2.30. The van der Waals surface area contributed by atoms with Gasteiger partial charge in [-0.3, -0.25) is 4.79 Å². The van der Waals surface area contributed by atoms with Crippen LogP contribution in [0.25, 0.3) is 0 Å². The van der Waals surface area contributed by atoms with Crippen molar-refractivity contribution in [2.24, 2.45) is 11.8 Å². The highest BCUT2D eigenvalue weighted by molar-refractivity contribution is 6.00. The molecular formula is C13H16O3. The summed E-state index contributed by atoms with van der Waals surface area (Å²) in [6, 6.07) is 3.30. The molecule has 1 aromatic rings. The van der Waals surface area contributed by atoms with Crippen molar-refractivity contribution < 1.29 is 14.6 Å². The molecule has 3 nitrogen and oxygen atoms in total. The summed E-state index contributed by atoms with van der Waals surface area (Å²) in [6.07, 6.45) is 0.860. The van der Waals surface area contributed by atoms with E-state index in [9.17, 15) is 9.90 Å². The molecule has 0 saturated carbocycles. The first-order valence-electron chi connectivity index (χ1n) is 5.48. The molecule has 0 fully saturated rings. The second-order valence-corrected chi connectivity index (χ2v) is 4.52. The van der Waals surface area contributed by atoms with E-state index in [4.69, 9.17) is 4.74 Å². The van der Waals surface area contributed by atoms with Gasteiger partial charge in [-0.25, -0.2) is 0 Å². The van der Waals surface area contributed by atoms with Gasteiger partial charge in [0.05, 0.1) is 7.11 Å². The van der Waals surface area contributed by atoms with Crippen LogP contribution in [-0.4, -0.2) is 18.0 Å². The molecule has 0 spiro atoms. The topological polar surface area (TPSA) is 46.5 Å². The minimum absolute atomic E-state index is 0.0281. The molecule has 1 N–H and O–H groups in total. The van der Waals surface area contributed by atoms with E-state index in [0.717, 1.165) is 12.0 Å². The number of carbonyl (C=O) groups excluding carboxylic acids is 1. The molecule has 0 radical (unpaired) electrons. The maximum atomic E-state index is 12.0. The van der Waals surface area contributed by atoms with Crippen LogP contribution in [0, 0.1) is 11.8 Å². The molecule has 0 amide bonds. The van der Waals surface area contributed by atoms with Gasteiger partial charge < -0.3 is 9.84 Å². The van der Waals surface area contributed by atoms with Crippen LogP contribution in [0.2, 0.25) is 0 Å². The first-order valence-corrected chi connectivity index (χ1v) is 5.48. The zero-order valence-electron chi connectivity index (χ0n) is 9.78. The molecule has 1 aliphatic rings. The molecule has 1 aliphatic carbocycles. The van der Waals surface area contributed by atoms with E-state index in [1.54, 1.807) is 6.07 Å². The molecule has 0 bridgehead atoms. The Hall–Kier alpha value is -1.51. The van der Waals surface area contributed by atoms with E-state index in [1.807, 2.05) is 6.92 Å². The number of fused-ring (bicyclic) bond motifs is 1. The van der Waals surface area contributed by atoms with Crippen LogP contribution in [0.3, 0.4) is 0 Å². The Morgan fingerprint density at radius 3 is 2.69 bits per heavy atom. The smallest absolute Gasteiger partial charge is 0.166 e. The summed E-state index contributed by atoms with van der Waals surface area (Å²) in [5, 5.41) is 9.66. The van der Waals surface area contributed by atoms with E-state index in [2.05, 4.69) is 6.92 Å². The Kier molecular flexibility index (Phi) is 2.62. The van der Waals surface area contributed by atoms with Crippen LogP contribution in [-0.2, 0) is 6.42 Å². The summed E-state index contributed by atoms with van der Waals surface area (Å²) < 4.78 is 5.05. The van der Waals surface area contributed by atoms with Gasteiger partial charge >= 0.3 is 0 Å². The zero-order chi connectivity index (χ0) is 11.9. The van der Waals surface area contributed by atoms with Gasteiger partial charge in [0, 0.05) is 11.5 Å². The Bertz CT molecular complexity index is 437. The van der Waals surface area contributed by atoms with Gasteiger partial charge in [0.1, 0.15) is 0 Å². The molecule has 0 heterocycles. The molecule has 86 valence electrons. The fourth-order valence-electron chi connectivity index (χ4n) is 2.20. The summed E-state index contributed by atoms with van der Waals surface area (Å²) >= 11 is 0. The van der Waals surface area contributed by atoms with E-state index in [-0.39, 0.29) is 17.5 Å². The average molecular weight is 220 g/mol. The van der Waals surface area contributed by atoms with E-state index in [1.165, 1.54) is 13.2 Å². The van der Waals surface area contributed by atoms with Crippen LogP contribution in [0.1, 0.15) is 29.8 Å². The van der Waals surface area contributed by atoms with Gasteiger partial charge in [-0.05, 0) is 30.0 Å². The summed E-state index contributed by atoms with van der Waals surface area (Å²) in [5.41, 5.74) is 1.62. The lowest BCUT2D eigenvalue weighted by Gasteiger charge is -2.27. The first kappa shape index (κ1) is 11.0. The van der Waals surface area contributed by atoms with Gasteiger partial charge in [0.25, 0.3) is 0 Å². The lowest BCUT2D eigenvalue weighted by molar-refractivity contribution is 0.0876. The Morgan fingerprint density at radius 1 is 1.38 bits per heavy atom. The molecule has 0 aliphatic heterocycles. The summed E-state index contributed by atoms with van der Waals surface area (Å²) in [7, 11) is 1.51. The molecule has 0 unspecified atom stereocenters. The number of hydrogen-bond donors (Lipinski definition) is 1. The Morgan fingerprint density at radius 2 is 2.06 bits per heavy atom. The second-order valence-electron chi connectivity index (χ2n) is 4.52. The van der Waals surface area contributed by atoms with Crippen molar-refractivity contribution in [2.45, 2.75) is 20.3 Å². The zero-order valence-corrected chi connectivity index (χ0v) is 9.78. The summed E-state index contributed by atoms with van der Waals surface area (Å²) in [6.45, 7) is 4.02. The lowest BCUT2D eigenvalue weighted by Crippen LogP contribution is -2.27. The van der Waals surface area contributed by atoms with Crippen molar-refractivity contribution >= 4 is 5.78 Å². The van der Waals surface area contributed by atoms with Crippen molar-refractivity contribution in [3.05, 3.63) is 23.3 Å². The summed E-state index contributed by atoms with van der Waals surface area (Å²) in [4.78, 5) is 12.0. The molecule has 3 heteroatoms. The monoisotopic (exact) mass is 220 g/mol. The van der Waals surface area contributed by atoms with E-state index >= 15 is 0 Å². The molecular weight excluding hydrogens is 204 g/mol. The number of aromatic hydroxyl groups is 1. The van der Waals surface area contributed by atoms with Gasteiger partial charge in [-0.2, -0.15) is 0 Å². The van der Waals surface area contributed by atoms with Crippen molar-refractivity contribution in [3.63, 3.8) is 0 Å². The quantitative estimate of drug-likeness (QED) is 0.790. The van der Waals surface area contributed by atoms with Gasteiger partial charge in [0.15, 0.2) is 17.3 Å². The molecule has 1 aromatic carbocycles. The minimum Gasteiger partial charge on any atom is -0.504 e. The number of rotatable bonds is 1. The van der Waals surface area contributed by atoms with Gasteiger partial charge in [-0.15, -0.1) is 0 Å². The van der Waals surface area contributed by atoms with Crippen LogP contribution in [0.5, 0.6) is 11.5 Å². The van der Waals surface area contributed by atoms with Gasteiger partial charge in [0.2, 0.25) is 0 Å². The second kappa shape index (κ2) is 3.81. The maximum absolute atomic E-state index is 12.0. The third-order valence-corrected chi connectivity index (χ3v) is 3.48. The number of phenols is 1. The van der Waals surface area contributed by atoms with Crippen LogP contribution < -0.4 is 4.74 Å². The molecule has 2 rings (SSSR count). The fraction of sp³-hybridized carbons (Fsp3) is 0.462. The number of ketones is 1. The number of methoxy groups -OCH3 is 1. The number of phenolic OH excluding ortho intramolecular Hbond substituents is 1. The highest BCUT2D eigenvalue weighted by atomic mass is 16.5. The third kappa shape index (κ3) is 1.56. The largest absolute Gasteiger partial charge is 0.504 e.